The molecule has 1 atom stereocenters. The predicted molar refractivity (Wildman–Crippen MR) is 71.9 cm³/mol. The van der Waals surface area contributed by atoms with E-state index in [0.717, 1.165) is 25.9 Å². The Morgan fingerprint density at radius 1 is 1.47 bits per heavy atom. The molecule has 0 aliphatic carbocycles. The summed E-state index contributed by atoms with van der Waals surface area (Å²) in [7, 11) is 0. The Kier molecular flexibility index (Phi) is 4.37. The number of nitrogens with zero attached hydrogens (tertiary/aromatic N) is 1. The minimum atomic E-state index is -0.369. The molecule has 1 aliphatic rings. The lowest BCUT2D eigenvalue weighted by Gasteiger charge is -2.19. The highest BCUT2D eigenvalue weighted by molar-refractivity contribution is 5.94. The van der Waals surface area contributed by atoms with Crippen LogP contribution in [0.15, 0.2) is 18.2 Å². The van der Waals surface area contributed by atoms with Crippen molar-refractivity contribution in [3.63, 3.8) is 0 Å². The van der Waals surface area contributed by atoms with Crippen molar-refractivity contribution in [3.8, 4) is 0 Å². The lowest BCUT2D eigenvalue weighted by atomic mass is 10.1. The van der Waals surface area contributed by atoms with Crippen LogP contribution in [0.1, 0.15) is 30.1 Å². The van der Waals surface area contributed by atoms with Gasteiger partial charge in [0.15, 0.2) is 0 Å². The van der Waals surface area contributed by atoms with Gasteiger partial charge in [0.2, 0.25) is 0 Å². The van der Waals surface area contributed by atoms with Crippen LogP contribution in [-0.4, -0.2) is 36.8 Å². The van der Waals surface area contributed by atoms with Crippen LogP contribution in [0.2, 0.25) is 0 Å². The summed E-state index contributed by atoms with van der Waals surface area (Å²) >= 11 is 0. The van der Waals surface area contributed by atoms with Gasteiger partial charge < -0.3 is 15.3 Å². The molecule has 1 heterocycles. The van der Waals surface area contributed by atoms with Gasteiger partial charge in [0, 0.05) is 24.7 Å². The number of anilines is 1. The normalized spacial score (nSPS) is 16.5. The van der Waals surface area contributed by atoms with E-state index in [9.17, 15) is 9.18 Å². The fraction of sp³-hybridized carbons (Fsp3) is 0.500. The minimum absolute atomic E-state index is 0.139. The van der Waals surface area contributed by atoms with E-state index >= 15 is 0 Å². The quantitative estimate of drug-likeness (QED) is 0.869. The van der Waals surface area contributed by atoms with Crippen molar-refractivity contribution in [1.29, 1.82) is 0 Å². The molecule has 0 radical (unpaired) electrons. The molecular formula is C14H19FN2O2. The highest BCUT2D eigenvalue weighted by Gasteiger charge is 2.18. The topological polar surface area (TPSA) is 52.6 Å². The maximum absolute atomic E-state index is 14.0. The Balaban J connectivity index is 2.11. The van der Waals surface area contributed by atoms with Crippen LogP contribution in [0.3, 0.4) is 0 Å². The van der Waals surface area contributed by atoms with Crippen molar-refractivity contribution in [2.45, 2.75) is 25.8 Å². The minimum Gasteiger partial charge on any atom is -0.394 e. The van der Waals surface area contributed by atoms with Gasteiger partial charge in [0.25, 0.3) is 5.91 Å². The molecule has 1 saturated heterocycles. The lowest BCUT2D eigenvalue weighted by molar-refractivity contribution is 0.0922. The van der Waals surface area contributed by atoms with E-state index < -0.39 is 0 Å². The highest BCUT2D eigenvalue weighted by Crippen LogP contribution is 2.24. The monoisotopic (exact) mass is 266 g/mol. The van der Waals surface area contributed by atoms with Gasteiger partial charge in [-0.15, -0.1) is 0 Å². The number of carbonyl (C=O) groups is 1. The summed E-state index contributed by atoms with van der Waals surface area (Å²) in [6, 6.07) is 4.19. The summed E-state index contributed by atoms with van der Waals surface area (Å²) in [6.45, 7) is 3.28. The first-order valence-corrected chi connectivity index (χ1v) is 6.58. The molecule has 0 aromatic heterocycles. The molecule has 1 amide bonds. The second kappa shape index (κ2) is 6.02. The number of amides is 1. The van der Waals surface area contributed by atoms with Gasteiger partial charge in [0.1, 0.15) is 5.82 Å². The maximum Gasteiger partial charge on any atom is 0.251 e. The molecule has 1 aliphatic heterocycles. The molecule has 0 spiro atoms. The number of hydrogen-bond acceptors (Lipinski definition) is 3. The molecule has 2 N–H and O–H groups in total. The molecule has 0 bridgehead atoms. The fourth-order valence-electron chi connectivity index (χ4n) is 2.22. The van der Waals surface area contributed by atoms with Crippen LogP contribution >= 0.6 is 0 Å². The number of aliphatic hydroxyl groups is 1. The summed E-state index contributed by atoms with van der Waals surface area (Å²) in [5, 5.41) is 11.5. The summed E-state index contributed by atoms with van der Waals surface area (Å²) in [6.07, 6.45) is 2.16. The van der Waals surface area contributed by atoms with E-state index in [2.05, 4.69) is 5.32 Å². The molecule has 1 fully saturated rings. The molecule has 5 heteroatoms. The molecular weight excluding hydrogens is 247 g/mol. The van der Waals surface area contributed by atoms with Gasteiger partial charge in [-0.2, -0.15) is 0 Å². The number of hydrogen-bond donors (Lipinski definition) is 2. The first-order chi connectivity index (χ1) is 9.11. The van der Waals surface area contributed by atoms with Gasteiger partial charge in [-0.25, -0.2) is 4.39 Å². The van der Waals surface area contributed by atoms with Gasteiger partial charge in [-0.05, 0) is 38.0 Å². The third-order valence-corrected chi connectivity index (χ3v) is 3.31. The Labute approximate surface area is 112 Å². The first-order valence-electron chi connectivity index (χ1n) is 6.58. The predicted octanol–water partition coefficient (Wildman–Crippen LogP) is 1.54. The van der Waals surface area contributed by atoms with Crippen molar-refractivity contribution in [1.82, 2.24) is 5.32 Å². The van der Waals surface area contributed by atoms with E-state index in [1.165, 1.54) is 6.07 Å². The van der Waals surface area contributed by atoms with Crippen molar-refractivity contribution >= 4 is 11.6 Å². The molecule has 19 heavy (non-hydrogen) atoms. The third kappa shape index (κ3) is 3.23. The second-order valence-electron chi connectivity index (χ2n) is 4.92. The van der Waals surface area contributed by atoms with Gasteiger partial charge in [0.05, 0.1) is 12.3 Å². The summed E-state index contributed by atoms with van der Waals surface area (Å²) < 4.78 is 14.0. The second-order valence-corrected chi connectivity index (χ2v) is 4.92. The first kappa shape index (κ1) is 13.8. The zero-order chi connectivity index (χ0) is 13.8. The van der Waals surface area contributed by atoms with Crippen molar-refractivity contribution in [2.24, 2.45) is 0 Å². The molecule has 104 valence electrons. The zero-order valence-corrected chi connectivity index (χ0v) is 11.0. The highest BCUT2D eigenvalue weighted by atomic mass is 19.1. The Morgan fingerprint density at radius 3 is 2.74 bits per heavy atom. The van der Waals surface area contributed by atoms with Gasteiger partial charge in [-0.1, -0.05) is 0 Å². The SMILES string of the molecule is CC(CO)NC(=O)c1ccc(N2CCCC2)c(F)c1. The van der Waals surface area contributed by atoms with Crippen LogP contribution < -0.4 is 10.2 Å². The van der Waals surface area contributed by atoms with E-state index in [0.29, 0.717) is 5.69 Å². The fourth-order valence-corrected chi connectivity index (χ4v) is 2.22. The summed E-state index contributed by atoms with van der Waals surface area (Å²) in [4.78, 5) is 13.8. The molecule has 1 aromatic carbocycles. The average molecular weight is 266 g/mol. The van der Waals surface area contributed by atoms with E-state index in [1.807, 2.05) is 4.90 Å². The third-order valence-electron chi connectivity index (χ3n) is 3.31. The number of carbonyl (C=O) groups excluding carboxylic acids is 1. The van der Waals surface area contributed by atoms with Crippen molar-refractivity contribution in [2.75, 3.05) is 24.6 Å². The Bertz CT molecular complexity index is 459. The van der Waals surface area contributed by atoms with Crippen molar-refractivity contribution in [3.05, 3.63) is 29.6 Å². The number of aliphatic hydroxyl groups excluding tert-OH is 1. The van der Waals surface area contributed by atoms with E-state index in [1.54, 1.807) is 19.1 Å². The standard InChI is InChI=1S/C14H19FN2O2/c1-10(9-18)16-14(19)11-4-5-13(12(15)8-11)17-6-2-3-7-17/h4-5,8,10,18H,2-3,6-7,9H2,1H3,(H,16,19). The Hall–Kier alpha value is -1.62. The largest absolute Gasteiger partial charge is 0.394 e. The van der Waals surface area contributed by atoms with Crippen LogP contribution in [0.5, 0.6) is 0 Å². The van der Waals surface area contributed by atoms with Crippen LogP contribution in [-0.2, 0) is 0 Å². The van der Waals surface area contributed by atoms with Crippen LogP contribution in [0, 0.1) is 5.82 Å². The molecule has 1 aromatic rings. The molecule has 4 nitrogen and oxygen atoms in total. The molecule has 0 saturated carbocycles. The van der Waals surface area contributed by atoms with E-state index in [-0.39, 0.29) is 29.9 Å². The molecule has 2 rings (SSSR count). The molecule has 1 unspecified atom stereocenters. The number of nitrogens with one attached hydrogen (secondary N) is 1. The van der Waals surface area contributed by atoms with Gasteiger partial charge >= 0.3 is 0 Å². The van der Waals surface area contributed by atoms with Crippen molar-refractivity contribution < 1.29 is 14.3 Å². The number of halogens is 1. The van der Waals surface area contributed by atoms with Gasteiger partial charge in [-0.3, -0.25) is 4.79 Å². The van der Waals surface area contributed by atoms with E-state index in [4.69, 9.17) is 5.11 Å². The maximum atomic E-state index is 14.0. The zero-order valence-electron chi connectivity index (χ0n) is 11.0. The lowest BCUT2D eigenvalue weighted by Crippen LogP contribution is -2.35. The van der Waals surface area contributed by atoms with Crippen LogP contribution in [0.25, 0.3) is 0 Å². The number of benzene rings is 1. The average Bonchev–Trinajstić information content (AvgIpc) is 2.92. The summed E-state index contributed by atoms with van der Waals surface area (Å²) in [5.41, 5.74) is 0.838. The van der Waals surface area contributed by atoms with Crippen LogP contribution in [0.4, 0.5) is 10.1 Å². The summed E-state index contributed by atoms with van der Waals surface area (Å²) in [5.74, 6) is -0.736. The number of rotatable bonds is 4. The smallest absolute Gasteiger partial charge is 0.251 e. The Morgan fingerprint density at radius 2 is 2.16 bits per heavy atom.